The fourth-order valence-corrected chi connectivity index (χ4v) is 2.41. The van der Waals surface area contributed by atoms with Crippen LogP contribution in [0.1, 0.15) is 32.1 Å². The Kier molecular flexibility index (Phi) is 3.98. The van der Waals surface area contributed by atoms with Crippen LogP contribution in [0.15, 0.2) is 18.5 Å². The number of nitrogens with zero attached hydrogens (tertiary/aromatic N) is 3. The van der Waals surface area contributed by atoms with Gasteiger partial charge in [0, 0.05) is 25.5 Å². The van der Waals surface area contributed by atoms with Crippen molar-refractivity contribution in [2.45, 2.75) is 38.6 Å². The molecule has 1 N–H and O–H groups in total. The standard InChI is InChI=1S/C13H18N4O/c14-11-13(5-1-2-6-13)12(18)15-7-3-9-17-10-4-8-16-17/h4,8,10H,1-3,5-7,9H2,(H,15,18). The van der Waals surface area contributed by atoms with Crippen molar-refractivity contribution in [3.05, 3.63) is 18.5 Å². The number of aromatic nitrogens is 2. The van der Waals surface area contributed by atoms with E-state index in [9.17, 15) is 4.79 Å². The zero-order valence-electron chi connectivity index (χ0n) is 10.4. The van der Waals surface area contributed by atoms with E-state index in [0.717, 1.165) is 25.8 Å². The Labute approximate surface area is 107 Å². The van der Waals surface area contributed by atoms with Crippen molar-refractivity contribution in [3.63, 3.8) is 0 Å². The van der Waals surface area contributed by atoms with Gasteiger partial charge in [-0.15, -0.1) is 0 Å². The average molecular weight is 246 g/mol. The summed E-state index contributed by atoms with van der Waals surface area (Å²) in [6, 6.07) is 4.08. The van der Waals surface area contributed by atoms with E-state index in [1.807, 2.05) is 16.9 Å². The molecule has 1 fully saturated rings. The van der Waals surface area contributed by atoms with Crippen molar-refractivity contribution >= 4 is 5.91 Å². The quantitative estimate of drug-likeness (QED) is 0.800. The second-order valence-electron chi connectivity index (χ2n) is 4.78. The lowest BCUT2D eigenvalue weighted by Crippen LogP contribution is -2.38. The Bertz CT molecular complexity index is 426. The smallest absolute Gasteiger partial charge is 0.240 e. The van der Waals surface area contributed by atoms with Crippen LogP contribution in [0, 0.1) is 16.7 Å². The van der Waals surface area contributed by atoms with E-state index in [4.69, 9.17) is 5.26 Å². The van der Waals surface area contributed by atoms with Crippen LogP contribution >= 0.6 is 0 Å². The highest BCUT2D eigenvalue weighted by atomic mass is 16.2. The zero-order valence-corrected chi connectivity index (χ0v) is 10.4. The van der Waals surface area contributed by atoms with Gasteiger partial charge in [-0.3, -0.25) is 9.48 Å². The van der Waals surface area contributed by atoms with Gasteiger partial charge >= 0.3 is 0 Å². The van der Waals surface area contributed by atoms with Crippen molar-refractivity contribution in [1.29, 1.82) is 5.26 Å². The fourth-order valence-electron chi connectivity index (χ4n) is 2.41. The molecule has 1 aromatic heterocycles. The Morgan fingerprint density at radius 2 is 2.28 bits per heavy atom. The highest BCUT2D eigenvalue weighted by Gasteiger charge is 2.41. The van der Waals surface area contributed by atoms with Crippen LogP contribution in [-0.2, 0) is 11.3 Å². The number of aryl methyl sites for hydroxylation is 1. The second kappa shape index (κ2) is 5.67. The highest BCUT2D eigenvalue weighted by molar-refractivity contribution is 5.85. The predicted molar refractivity (Wildman–Crippen MR) is 66.4 cm³/mol. The molecule has 0 bridgehead atoms. The minimum atomic E-state index is -0.758. The molecule has 5 nitrogen and oxygen atoms in total. The number of hydrogen-bond acceptors (Lipinski definition) is 3. The Morgan fingerprint density at radius 1 is 1.50 bits per heavy atom. The van der Waals surface area contributed by atoms with E-state index in [-0.39, 0.29) is 5.91 Å². The number of rotatable bonds is 5. The third kappa shape index (κ3) is 2.70. The number of nitrogens with one attached hydrogen (secondary N) is 1. The molecule has 0 atom stereocenters. The summed E-state index contributed by atoms with van der Waals surface area (Å²) in [6.45, 7) is 1.38. The maximum absolute atomic E-state index is 12.0. The van der Waals surface area contributed by atoms with Gasteiger partial charge in [0.1, 0.15) is 5.41 Å². The Morgan fingerprint density at radius 3 is 2.89 bits per heavy atom. The highest BCUT2D eigenvalue weighted by Crippen LogP contribution is 2.37. The fraction of sp³-hybridized carbons (Fsp3) is 0.615. The molecule has 1 amide bonds. The van der Waals surface area contributed by atoms with Gasteiger partial charge in [0.05, 0.1) is 6.07 Å². The number of hydrogen-bond donors (Lipinski definition) is 1. The first kappa shape index (κ1) is 12.6. The van der Waals surface area contributed by atoms with E-state index in [1.54, 1.807) is 6.20 Å². The maximum Gasteiger partial charge on any atom is 0.240 e. The molecular weight excluding hydrogens is 228 g/mol. The average Bonchev–Trinajstić information content (AvgIpc) is 3.05. The number of carbonyl (C=O) groups excluding carboxylic acids is 1. The largest absolute Gasteiger partial charge is 0.355 e. The van der Waals surface area contributed by atoms with Gasteiger partial charge in [-0.2, -0.15) is 10.4 Å². The molecule has 1 heterocycles. The summed E-state index contributed by atoms with van der Waals surface area (Å²) in [5.74, 6) is -0.0945. The topological polar surface area (TPSA) is 70.7 Å². The summed E-state index contributed by atoms with van der Waals surface area (Å²) in [4.78, 5) is 12.0. The Balaban J connectivity index is 1.73. The normalized spacial score (nSPS) is 17.3. The summed E-state index contributed by atoms with van der Waals surface area (Å²) in [7, 11) is 0. The van der Waals surface area contributed by atoms with Crippen molar-refractivity contribution in [2.75, 3.05) is 6.54 Å². The van der Waals surface area contributed by atoms with Gasteiger partial charge in [-0.05, 0) is 25.3 Å². The molecule has 0 saturated heterocycles. The molecule has 1 saturated carbocycles. The summed E-state index contributed by atoms with van der Waals surface area (Å²) in [6.07, 6.45) is 7.83. The molecule has 0 radical (unpaired) electrons. The number of nitriles is 1. The van der Waals surface area contributed by atoms with Gasteiger partial charge in [0.25, 0.3) is 0 Å². The van der Waals surface area contributed by atoms with Crippen molar-refractivity contribution in [1.82, 2.24) is 15.1 Å². The molecule has 0 aromatic carbocycles. The van der Waals surface area contributed by atoms with E-state index >= 15 is 0 Å². The molecular formula is C13H18N4O. The molecule has 18 heavy (non-hydrogen) atoms. The summed E-state index contributed by atoms with van der Waals surface area (Å²) in [5, 5.41) is 16.1. The third-order valence-corrected chi connectivity index (χ3v) is 3.51. The summed E-state index contributed by atoms with van der Waals surface area (Å²) >= 11 is 0. The zero-order chi connectivity index (χ0) is 12.8. The molecule has 5 heteroatoms. The van der Waals surface area contributed by atoms with E-state index < -0.39 is 5.41 Å². The van der Waals surface area contributed by atoms with Crippen molar-refractivity contribution in [2.24, 2.45) is 5.41 Å². The number of carbonyl (C=O) groups is 1. The lowest BCUT2D eigenvalue weighted by atomic mass is 9.87. The van der Waals surface area contributed by atoms with Gasteiger partial charge in [-0.1, -0.05) is 12.8 Å². The maximum atomic E-state index is 12.0. The van der Waals surface area contributed by atoms with Gasteiger partial charge < -0.3 is 5.32 Å². The van der Waals surface area contributed by atoms with Crippen LogP contribution in [0.4, 0.5) is 0 Å². The third-order valence-electron chi connectivity index (χ3n) is 3.51. The van der Waals surface area contributed by atoms with E-state index in [2.05, 4.69) is 16.5 Å². The van der Waals surface area contributed by atoms with Crippen LogP contribution in [0.3, 0.4) is 0 Å². The predicted octanol–water partition coefficient (Wildman–Crippen LogP) is 1.47. The molecule has 0 spiro atoms. The van der Waals surface area contributed by atoms with E-state index in [1.165, 1.54) is 0 Å². The first-order valence-electron chi connectivity index (χ1n) is 6.44. The lowest BCUT2D eigenvalue weighted by Gasteiger charge is -2.19. The molecule has 0 aliphatic heterocycles. The molecule has 1 aliphatic carbocycles. The van der Waals surface area contributed by atoms with Crippen molar-refractivity contribution in [3.8, 4) is 6.07 Å². The lowest BCUT2D eigenvalue weighted by molar-refractivity contribution is -0.127. The van der Waals surface area contributed by atoms with Crippen molar-refractivity contribution < 1.29 is 4.79 Å². The first-order valence-corrected chi connectivity index (χ1v) is 6.44. The SMILES string of the molecule is N#CC1(C(=O)NCCCn2cccn2)CCCC1. The summed E-state index contributed by atoms with van der Waals surface area (Å²) < 4.78 is 1.84. The Hall–Kier alpha value is -1.83. The molecule has 0 unspecified atom stereocenters. The van der Waals surface area contributed by atoms with Crippen LogP contribution < -0.4 is 5.32 Å². The van der Waals surface area contributed by atoms with Gasteiger partial charge in [-0.25, -0.2) is 0 Å². The minimum absolute atomic E-state index is 0.0945. The van der Waals surface area contributed by atoms with Crippen LogP contribution in [-0.4, -0.2) is 22.2 Å². The molecule has 96 valence electrons. The monoisotopic (exact) mass is 246 g/mol. The molecule has 1 aromatic rings. The molecule has 2 rings (SSSR count). The molecule has 1 aliphatic rings. The van der Waals surface area contributed by atoms with E-state index in [0.29, 0.717) is 19.4 Å². The van der Waals surface area contributed by atoms with Gasteiger partial charge in [0.15, 0.2) is 0 Å². The first-order chi connectivity index (χ1) is 8.77. The number of amides is 1. The van der Waals surface area contributed by atoms with Crippen LogP contribution in [0.25, 0.3) is 0 Å². The summed E-state index contributed by atoms with van der Waals surface area (Å²) in [5.41, 5.74) is -0.758. The van der Waals surface area contributed by atoms with Gasteiger partial charge in [0.2, 0.25) is 5.91 Å². The minimum Gasteiger partial charge on any atom is -0.355 e. The second-order valence-corrected chi connectivity index (χ2v) is 4.78. The van der Waals surface area contributed by atoms with Crippen LogP contribution in [0.5, 0.6) is 0 Å². The van der Waals surface area contributed by atoms with Crippen LogP contribution in [0.2, 0.25) is 0 Å².